The Labute approximate surface area is 162 Å². The molecular weight excluding hydrogens is 364 g/mol. The summed E-state index contributed by atoms with van der Waals surface area (Å²) in [6.07, 6.45) is 1.09. The zero-order valence-corrected chi connectivity index (χ0v) is 16.3. The van der Waals surface area contributed by atoms with Crippen LogP contribution in [-0.2, 0) is 25.5 Å². The van der Waals surface area contributed by atoms with Crippen LogP contribution in [0.3, 0.4) is 0 Å². The number of ether oxygens (including phenoxy) is 3. The van der Waals surface area contributed by atoms with Gasteiger partial charge < -0.3 is 18.6 Å². The molecular formula is C21H24O7. The monoisotopic (exact) mass is 388 g/mol. The zero-order chi connectivity index (χ0) is 20.3. The predicted octanol–water partition coefficient (Wildman–Crippen LogP) is 3.07. The lowest BCUT2D eigenvalue weighted by molar-refractivity contribution is -0.147. The van der Waals surface area contributed by atoms with E-state index in [0.29, 0.717) is 30.6 Å². The van der Waals surface area contributed by atoms with Crippen LogP contribution in [0.5, 0.6) is 5.75 Å². The second-order valence-electron chi connectivity index (χ2n) is 7.17. The summed E-state index contributed by atoms with van der Waals surface area (Å²) in [6, 6.07) is 4.71. The standard InChI is InChI=1S/C21H24O7/c1-12(2)26-19(22)7-6-14-10-15-13(3)9-20(23)27-18(15)11-17(14)28-21(24)16-5-4-8-25-16/h9-12,16H,4-8H2,1-3H3. The van der Waals surface area contributed by atoms with Crippen LogP contribution in [0, 0.1) is 6.92 Å². The lowest BCUT2D eigenvalue weighted by atomic mass is 10.0. The van der Waals surface area contributed by atoms with E-state index in [-0.39, 0.29) is 24.2 Å². The molecule has 7 heteroatoms. The highest BCUT2D eigenvalue weighted by Crippen LogP contribution is 2.29. The molecule has 1 fully saturated rings. The Hall–Kier alpha value is -2.67. The van der Waals surface area contributed by atoms with Gasteiger partial charge in [-0.2, -0.15) is 0 Å². The third-order valence-corrected chi connectivity index (χ3v) is 4.50. The molecule has 0 N–H and O–H groups in total. The average molecular weight is 388 g/mol. The van der Waals surface area contributed by atoms with Crippen LogP contribution >= 0.6 is 0 Å². The second kappa shape index (κ2) is 8.56. The molecule has 1 aliphatic heterocycles. The van der Waals surface area contributed by atoms with Gasteiger partial charge in [0.15, 0.2) is 6.10 Å². The first-order valence-electron chi connectivity index (χ1n) is 9.43. The van der Waals surface area contributed by atoms with Gasteiger partial charge >= 0.3 is 17.6 Å². The summed E-state index contributed by atoms with van der Waals surface area (Å²) in [6.45, 7) is 5.90. The van der Waals surface area contributed by atoms with Crippen LogP contribution in [0.15, 0.2) is 27.4 Å². The number of carbonyl (C=O) groups excluding carboxylic acids is 2. The number of fused-ring (bicyclic) bond motifs is 1. The molecule has 1 aromatic heterocycles. The number of benzene rings is 1. The van der Waals surface area contributed by atoms with Gasteiger partial charge in [-0.1, -0.05) is 0 Å². The minimum absolute atomic E-state index is 0.143. The SMILES string of the molecule is Cc1cc(=O)oc2cc(OC(=O)C3CCCO3)c(CCC(=O)OC(C)C)cc12. The summed E-state index contributed by atoms with van der Waals surface area (Å²) in [5.74, 6) is -0.556. The van der Waals surface area contributed by atoms with Crippen molar-refractivity contribution < 1.29 is 28.2 Å². The molecule has 3 rings (SSSR count). The van der Waals surface area contributed by atoms with E-state index in [2.05, 4.69) is 0 Å². The van der Waals surface area contributed by atoms with E-state index in [0.717, 1.165) is 17.4 Å². The molecule has 7 nitrogen and oxygen atoms in total. The first-order chi connectivity index (χ1) is 13.3. The lowest BCUT2D eigenvalue weighted by Crippen LogP contribution is -2.25. The second-order valence-corrected chi connectivity index (χ2v) is 7.17. The molecule has 28 heavy (non-hydrogen) atoms. The Kier molecular flexibility index (Phi) is 6.14. The van der Waals surface area contributed by atoms with Crippen molar-refractivity contribution in [3.63, 3.8) is 0 Å². The number of aryl methyl sites for hydroxylation is 2. The van der Waals surface area contributed by atoms with Gasteiger partial charge in [-0.3, -0.25) is 4.79 Å². The summed E-state index contributed by atoms with van der Waals surface area (Å²) in [5.41, 5.74) is 1.26. The minimum Gasteiger partial charge on any atom is -0.463 e. The van der Waals surface area contributed by atoms with Crippen LogP contribution in [0.4, 0.5) is 0 Å². The van der Waals surface area contributed by atoms with Crippen molar-refractivity contribution in [2.75, 3.05) is 6.61 Å². The van der Waals surface area contributed by atoms with E-state index in [9.17, 15) is 14.4 Å². The van der Waals surface area contributed by atoms with Crippen molar-refractivity contribution in [3.8, 4) is 5.75 Å². The van der Waals surface area contributed by atoms with Crippen molar-refractivity contribution in [1.82, 2.24) is 0 Å². The van der Waals surface area contributed by atoms with Crippen molar-refractivity contribution in [2.45, 2.75) is 58.7 Å². The van der Waals surface area contributed by atoms with Crippen molar-refractivity contribution in [3.05, 3.63) is 39.7 Å². The van der Waals surface area contributed by atoms with Gasteiger partial charge in [-0.05, 0) is 57.2 Å². The van der Waals surface area contributed by atoms with Crippen LogP contribution in [-0.4, -0.2) is 30.8 Å². The van der Waals surface area contributed by atoms with Gasteiger partial charge in [0.05, 0.1) is 6.10 Å². The summed E-state index contributed by atoms with van der Waals surface area (Å²) >= 11 is 0. The largest absolute Gasteiger partial charge is 0.463 e. The Morgan fingerprint density at radius 1 is 1.25 bits per heavy atom. The Morgan fingerprint density at radius 3 is 2.71 bits per heavy atom. The van der Waals surface area contributed by atoms with Crippen LogP contribution in [0.1, 0.15) is 44.2 Å². The number of esters is 2. The molecule has 0 aliphatic carbocycles. The van der Waals surface area contributed by atoms with Crippen molar-refractivity contribution in [1.29, 1.82) is 0 Å². The molecule has 0 amide bonds. The third kappa shape index (κ3) is 4.78. The average Bonchev–Trinajstić information content (AvgIpc) is 3.14. The van der Waals surface area contributed by atoms with E-state index in [4.69, 9.17) is 18.6 Å². The zero-order valence-electron chi connectivity index (χ0n) is 16.3. The normalized spacial score (nSPS) is 16.5. The van der Waals surface area contributed by atoms with Crippen molar-refractivity contribution in [2.24, 2.45) is 0 Å². The maximum absolute atomic E-state index is 12.4. The van der Waals surface area contributed by atoms with Crippen LogP contribution in [0.2, 0.25) is 0 Å². The number of hydrogen-bond donors (Lipinski definition) is 0. The number of hydrogen-bond acceptors (Lipinski definition) is 7. The molecule has 1 aromatic carbocycles. The van der Waals surface area contributed by atoms with Gasteiger partial charge in [-0.25, -0.2) is 9.59 Å². The van der Waals surface area contributed by atoms with Gasteiger partial charge in [0.1, 0.15) is 11.3 Å². The van der Waals surface area contributed by atoms with Crippen LogP contribution in [0.25, 0.3) is 11.0 Å². The summed E-state index contributed by atoms with van der Waals surface area (Å²) < 4.78 is 21.4. The molecule has 1 aliphatic rings. The molecule has 0 bridgehead atoms. The van der Waals surface area contributed by atoms with Gasteiger partial charge in [0.2, 0.25) is 0 Å². The van der Waals surface area contributed by atoms with E-state index in [1.54, 1.807) is 26.8 Å². The molecule has 1 atom stereocenters. The third-order valence-electron chi connectivity index (χ3n) is 4.50. The topological polar surface area (TPSA) is 92.0 Å². The fourth-order valence-electron chi connectivity index (χ4n) is 3.18. The minimum atomic E-state index is -0.598. The van der Waals surface area contributed by atoms with Gasteiger partial charge in [-0.15, -0.1) is 0 Å². The van der Waals surface area contributed by atoms with E-state index in [1.807, 2.05) is 0 Å². The summed E-state index contributed by atoms with van der Waals surface area (Å²) in [5, 5.41) is 0.726. The Balaban J connectivity index is 1.91. The first-order valence-corrected chi connectivity index (χ1v) is 9.43. The maximum atomic E-state index is 12.4. The van der Waals surface area contributed by atoms with Crippen molar-refractivity contribution >= 4 is 22.9 Å². The lowest BCUT2D eigenvalue weighted by Gasteiger charge is -2.14. The number of rotatable bonds is 6. The molecule has 2 heterocycles. The smallest absolute Gasteiger partial charge is 0.340 e. The van der Waals surface area contributed by atoms with E-state index < -0.39 is 17.7 Å². The molecule has 0 spiro atoms. The molecule has 150 valence electrons. The molecule has 1 saturated heterocycles. The van der Waals surface area contributed by atoms with Gasteiger partial charge in [0, 0.05) is 30.5 Å². The highest BCUT2D eigenvalue weighted by molar-refractivity contribution is 5.85. The van der Waals surface area contributed by atoms with E-state index in [1.165, 1.54) is 12.1 Å². The fourth-order valence-corrected chi connectivity index (χ4v) is 3.18. The highest BCUT2D eigenvalue weighted by atomic mass is 16.6. The molecule has 0 radical (unpaired) electrons. The summed E-state index contributed by atoms with van der Waals surface area (Å²) in [7, 11) is 0. The summed E-state index contributed by atoms with van der Waals surface area (Å²) in [4.78, 5) is 36.0. The molecule has 2 aromatic rings. The predicted molar refractivity (Wildman–Crippen MR) is 101 cm³/mol. The maximum Gasteiger partial charge on any atom is 0.340 e. The van der Waals surface area contributed by atoms with Crippen LogP contribution < -0.4 is 10.4 Å². The molecule has 1 unspecified atom stereocenters. The number of carbonyl (C=O) groups is 2. The fraction of sp³-hybridized carbons (Fsp3) is 0.476. The first kappa shape index (κ1) is 20.1. The molecule has 0 saturated carbocycles. The Bertz CT molecular complexity index is 936. The quantitative estimate of drug-likeness (QED) is 0.427. The highest BCUT2D eigenvalue weighted by Gasteiger charge is 2.26. The van der Waals surface area contributed by atoms with E-state index >= 15 is 0 Å². The Morgan fingerprint density at radius 2 is 2.04 bits per heavy atom. The van der Waals surface area contributed by atoms with Gasteiger partial charge in [0.25, 0.3) is 0 Å².